The third kappa shape index (κ3) is 2.87. The average molecular weight is 255 g/mol. The maximum Gasteiger partial charge on any atom is 0.126 e. The van der Waals surface area contributed by atoms with E-state index in [0.29, 0.717) is 12.0 Å². The van der Waals surface area contributed by atoms with E-state index < -0.39 is 0 Å². The van der Waals surface area contributed by atoms with Gasteiger partial charge in [0.05, 0.1) is 5.52 Å². The molecule has 0 radical (unpaired) electrons. The molecule has 1 aromatic carbocycles. The predicted molar refractivity (Wildman–Crippen MR) is 80.2 cm³/mol. The summed E-state index contributed by atoms with van der Waals surface area (Å²) in [5.41, 5.74) is 7.22. The molecule has 3 nitrogen and oxygen atoms in total. The topological polar surface area (TPSA) is 50.9 Å². The Hall–Kier alpha value is -1.61. The Labute approximate surface area is 114 Å². The molecule has 0 aliphatic heterocycles. The molecule has 3 heteroatoms. The van der Waals surface area contributed by atoms with Gasteiger partial charge in [0, 0.05) is 18.0 Å². The van der Waals surface area contributed by atoms with Crippen LogP contribution >= 0.6 is 0 Å². The number of anilines is 1. The van der Waals surface area contributed by atoms with Crippen LogP contribution in [0.5, 0.6) is 0 Å². The smallest absolute Gasteiger partial charge is 0.126 e. The van der Waals surface area contributed by atoms with E-state index in [9.17, 15) is 0 Å². The normalized spacial score (nSPS) is 23.4. The summed E-state index contributed by atoms with van der Waals surface area (Å²) in [7, 11) is 0. The first kappa shape index (κ1) is 12.4. The summed E-state index contributed by atoms with van der Waals surface area (Å²) < 4.78 is 0. The van der Waals surface area contributed by atoms with Crippen LogP contribution in [-0.2, 0) is 0 Å². The SMILES string of the molecule is NC1CCCCC1CNc1ccc2ccccc2n1. The van der Waals surface area contributed by atoms with Gasteiger partial charge in [-0.05, 0) is 37.0 Å². The van der Waals surface area contributed by atoms with Crippen LogP contribution in [0.4, 0.5) is 5.82 Å². The molecule has 1 aromatic heterocycles. The van der Waals surface area contributed by atoms with E-state index in [1.807, 2.05) is 18.2 Å². The van der Waals surface area contributed by atoms with E-state index in [1.54, 1.807) is 0 Å². The molecule has 0 spiro atoms. The minimum atomic E-state index is 0.349. The average Bonchev–Trinajstić information content (AvgIpc) is 2.46. The van der Waals surface area contributed by atoms with Gasteiger partial charge in [0.15, 0.2) is 0 Å². The molecule has 2 unspecified atom stereocenters. The summed E-state index contributed by atoms with van der Waals surface area (Å²) >= 11 is 0. The van der Waals surface area contributed by atoms with Crippen LogP contribution < -0.4 is 11.1 Å². The first-order valence-electron chi connectivity index (χ1n) is 7.18. The van der Waals surface area contributed by atoms with Gasteiger partial charge in [0.1, 0.15) is 5.82 Å². The van der Waals surface area contributed by atoms with Crippen molar-refractivity contribution in [2.24, 2.45) is 11.7 Å². The molecule has 19 heavy (non-hydrogen) atoms. The number of aromatic nitrogens is 1. The Bertz CT molecular complexity index is 552. The number of nitrogens with two attached hydrogens (primary N) is 1. The summed E-state index contributed by atoms with van der Waals surface area (Å²) in [5.74, 6) is 1.54. The zero-order valence-corrected chi connectivity index (χ0v) is 11.2. The van der Waals surface area contributed by atoms with Gasteiger partial charge in [-0.3, -0.25) is 0 Å². The number of para-hydroxylation sites is 1. The molecule has 0 amide bonds. The lowest BCUT2D eigenvalue weighted by Gasteiger charge is -2.28. The van der Waals surface area contributed by atoms with Crippen LogP contribution in [0.1, 0.15) is 25.7 Å². The van der Waals surface area contributed by atoms with E-state index in [2.05, 4.69) is 28.5 Å². The summed E-state index contributed by atoms with van der Waals surface area (Å²) in [6.07, 6.45) is 5.00. The summed E-state index contributed by atoms with van der Waals surface area (Å²) in [6, 6.07) is 12.7. The Kier molecular flexibility index (Phi) is 3.65. The predicted octanol–water partition coefficient (Wildman–Crippen LogP) is 3.16. The van der Waals surface area contributed by atoms with Crippen LogP contribution in [0.3, 0.4) is 0 Å². The summed E-state index contributed by atoms with van der Waals surface area (Å²) in [6.45, 7) is 0.937. The maximum atomic E-state index is 6.17. The number of pyridine rings is 1. The lowest BCUT2D eigenvalue weighted by atomic mass is 9.85. The molecule has 0 bridgehead atoms. The minimum Gasteiger partial charge on any atom is -0.370 e. The molecule has 1 saturated carbocycles. The highest BCUT2D eigenvalue weighted by molar-refractivity contribution is 5.79. The Morgan fingerprint density at radius 2 is 1.95 bits per heavy atom. The van der Waals surface area contributed by atoms with E-state index in [1.165, 1.54) is 24.6 Å². The minimum absolute atomic E-state index is 0.349. The van der Waals surface area contributed by atoms with Crippen molar-refractivity contribution in [3.8, 4) is 0 Å². The van der Waals surface area contributed by atoms with Crippen molar-refractivity contribution in [1.29, 1.82) is 0 Å². The zero-order chi connectivity index (χ0) is 13.1. The number of nitrogens with one attached hydrogen (secondary N) is 1. The van der Waals surface area contributed by atoms with Gasteiger partial charge in [-0.2, -0.15) is 0 Å². The van der Waals surface area contributed by atoms with Crippen molar-refractivity contribution in [2.75, 3.05) is 11.9 Å². The fourth-order valence-corrected chi connectivity index (χ4v) is 2.89. The van der Waals surface area contributed by atoms with Crippen molar-refractivity contribution < 1.29 is 0 Å². The van der Waals surface area contributed by atoms with Gasteiger partial charge in [-0.25, -0.2) is 4.98 Å². The molecule has 0 saturated heterocycles. The molecule has 1 aliphatic rings. The first-order chi connectivity index (χ1) is 9.33. The van der Waals surface area contributed by atoms with E-state index >= 15 is 0 Å². The monoisotopic (exact) mass is 255 g/mol. The van der Waals surface area contributed by atoms with E-state index in [-0.39, 0.29) is 0 Å². The molecular formula is C16H21N3. The first-order valence-corrected chi connectivity index (χ1v) is 7.18. The highest BCUT2D eigenvalue weighted by Gasteiger charge is 2.21. The number of benzene rings is 1. The third-order valence-electron chi connectivity index (χ3n) is 4.11. The van der Waals surface area contributed by atoms with Gasteiger partial charge in [0.25, 0.3) is 0 Å². The van der Waals surface area contributed by atoms with Gasteiger partial charge in [0.2, 0.25) is 0 Å². The lowest BCUT2D eigenvalue weighted by molar-refractivity contribution is 0.321. The summed E-state index contributed by atoms with van der Waals surface area (Å²) in [5, 5.41) is 4.63. The molecule has 1 aliphatic carbocycles. The van der Waals surface area contributed by atoms with Gasteiger partial charge < -0.3 is 11.1 Å². The molecule has 3 rings (SSSR count). The third-order valence-corrected chi connectivity index (χ3v) is 4.11. The van der Waals surface area contributed by atoms with Crippen LogP contribution in [-0.4, -0.2) is 17.6 Å². The van der Waals surface area contributed by atoms with Crippen molar-refractivity contribution in [3.05, 3.63) is 36.4 Å². The Morgan fingerprint density at radius 3 is 2.84 bits per heavy atom. The second-order valence-electron chi connectivity index (χ2n) is 5.48. The van der Waals surface area contributed by atoms with Gasteiger partial charge >= 0.3 is 0 Å². The molecule has 3 N–H and O–H groups in total. The highest BCUT2D eigenvalue weighted by atomic mass is 15.0. The van der Waals surface area contributed by atoms with Gasteiger partial charge in [-0.15, -0.1) is 0 Å². The number of nitrogens with zero attached hydrogens (tertiary/aromatic N) is 1. The maximum absolute atomic E-state index is 6.17. The van der Waals surface area contributed by atoms with Crippen molar-refractivity contribution in [3.63, 3.8) is 0 Å². The Morgan fingerprint density at radius 1 is 1.11 bits per heavy atom. The molecule has 100 valence electrons. The second kappa shape index (κ2) is 5.57. The van der Waals surface area contributed by atoms with Crippen molar-refractivity contribution >= 4 is 16.7 Å². The van der Waals surface area contributed by atoms with Crippen LogP contribution in [0.15, 0.2) is 36.4 Å². The van der Waals surface area contributed by atoms with Crippen LogP contribution in [0.25, 0.3) is 10.9 Å². The quantitative estimate of drug-likeness (QED) is 0.885. The second-order valence-corrected chi connectivity index (χ2v) is 5.48. The number of hydrogen-bond donors (Lipinski definition) is 2. The standard InChI is InChI=1S/C16H21N3/c17-14-7-3-1-6-13(14)11-18-16-10-9-12-5-2-4-8-15(12)19-16/h2,4-5,8-10,13-14H,1,3,6-7,11,17H2,(H,18,19). The number of rotatable bonds is 3. The molecule has 2 atom stereocenters. The van der Waals surface area contributed by atoms with Crippen LogP contribution in [0.2, 0.25) is 0 Å². The van der Waals surface area contributed by atoms with Crippen molar-refractivity contribution in [2.45, 2.75) is 31.7 Å². The molecule has 2 aromatic rings. The highest BCUT2D eigenvalue weighted by Crippen LogP contribution is 2.23. The fraction of sp³-hybridized carbons (Fsp3) is 0.438. The lowest BCUT2D eigenvalue weighted by Crippen LogP contribution is -2.37. The van der Waals surface area contributed by atoms with E-state index in [0.717, 1.165) is 24.3 Å². The fourth-order valence-electron chi connectivity index (χ4n) is 2.89. The summed E-state index contributed by atoms with van der Waals surface area (Å²) in [4.78, 5) is 4.63. The molecule has 1 heterocycles. The Balaban J connectivity index is 1.67. The van der Waals surface area contributed by atoms with Crippen molar-refractivity contribution in [1.82, 2.24) is 4.98 Å². The largest absolute Gasteiger partial charge is 0.370 e. The molecule has 1 fully saturated rings. The number of fused-ring (bicyclic) bond motifs is 1. The van der Waals surface area contributed by atoms with E-state index in [4.69, 9.17) is 5.73 Å². The zero-order valence-electron chi connectivity index (χ0n) is 11.2. The molecular weight excluding hydrogens is 234 g/mol. The number of hydrogen-bond acceptors (Lipinski definition) is 3. The van der Waals surface area contributed by atoms with Gasteiger partial charge in [-0.1, -0.05) is 31.0 Å². The van der Waals surface area contributed by atoms with Crippen LogP contribution in [0, 0.1) is 5.92 Å².